The lowest BCUT2D eigenvalue weighted by atomic mass is 9.96. The van der Waals surface area contributed by atoms with Crippen molar-refractivity contribution < 1.29 is 26.4 Å². The Labute approximate surface area is 186 Å². The number of carbonyl (C=O) groups excluding carboxylic acids is 1. The minimum Gasteiger partial charge on any atom is -0.312 e. The fourth-order valence-corrected chi connectivity index (χ4v) is 5.86. The summed E-state index contributed by atoms with van der Waals surface area (Å²) in [5.74, 6) is -0.479. The van der Waals surface area contributed by atoms with Crippen molar-refractivity contribution in [1.82, 2.24) is 4.31 Å². The Balaban J connectivity index is 1.77. The van der Waals surface area contributed by atoms with E-state index in [0.29, 0.717) is 6.54 Å². The molecule has 2 aromatic rings. The molecule has 2 aromatic carbocycles. The average Bonchev–Trinajstić information content (AvgIpc) is 2.75. The first kappa shape index (κ1) is 24.3. The van der Waals surface area contributed by atoms with Crippen molar-refractivity contribution >= 4 is 21.6 Å². The third kappa shape index (κ3) is 4.83. The van der Waals surface area contributed by atoms with Crippen LogP contribution >= 0.6 is 0 Å². The van der Waals surface area contributed by atoms with Gasteiger partial charge in [0, 0.05) is 31.2 Å². The van der Waals surface area contributed by atoms with Crippen LogP contribution in [0.15, 0.2) is 47.4 Å². The number of aryl methyl sites for hydroxylation is 2. The summed E-state index contributed by atoms with van der Waals surface area (Å²) in [6, 6.07) is 10.0. The molecule has 0 saturated carbocycles. The number of sulfonamides is 1. The number of hydrogen-bond donors (Lipinski definition) is 0. The first-order valence-corrected chi connectivity index (χ1v) is 12.0. The molecule has 1 heterocycles. The van der Waals surface area contributed by atoms with E-state index in [1.807, 2.05) is 39.0 Å². The number of hydrogen-bond acceptors (Lipinski definition) is 3. The maximum absolute atomic E-state index is 13.3. The smallest absolute Gasteiger partial charge is 0.312 e. The second kappa shape index (κ2) is 9.23. The van der Waals surface area contributed by atoms with E-state index in [4.69, 9.17) is 0 Å². The molecular formula is C23H27F3N2O3S. The second-order valence-corrected chi connectivity index (χ2v) is 9.95. The first-order valence-electron chi connectivity index (χ1n) is 10.5. The van der Waals surface area contributed by atoms with Gasteiger partial charge in [-0.1, -0.05) is 29.8 Å². The molecule has 32 heavy (non-hydrogen) atoms. The summed E-state index contributed by atoms with van der Waals surface area (Å²) in [5, 5.41) is 0. The van der Waals surface area contributed by atoms with Crippen LogP contribution in [-0.2, 0) is 21.0 Å². The standard InChI is InChI=1S/C23H27F3N2O3S/c1-4-28(20-10-9-16(2)15-17(20)3)22(29)18-11-13-27(14-12-18)32(30,31)21-8-6-5-7-19(21)23(24,25)26/h5-10,15,18H,4,11-14H2,1-3H3. The summed E-state index contributed by atoms with van der Waals surface area (Å²) in [4.78, 5) is 14.1. The Morgan fingerprint density at radius 3 is 2.28 bits per heavy atom. The van der Waals surface area contributed by atoms with E-state index in [9.17, 15) is 26.4 Å². The van der Waals surface area contributed by atoms with Gasteiger partial charge in [0.15, 0.2) is 0 Å². The van der Waals surface area contributed by atoms with Crippen molar-refractivity contribution in [2.45, 2.75) is 44.7 Å². The van der Waals surface area contributed by atoms with Gasteiger partial charge < -0.3 is 4.90 Å². The zero-order valence-electron chi connectivity index (χ0n) is 18.3. The van der Waals surface area contributed by atoms with Crippen molar-refractivity contribution in [3.63, 3.8) is 0 Å². The highest BCUT2D eigenvalue weighted by Crippen LogP contribution is 2.36. The van der Waals surface area contributed by atoms with Crippen molar-refractivity contribution in [2.75, 3.05) is 24.5 Å². The molecule has 0 radical (unpaired) electrons. The normalized spacial score (nSPS) is 16.2. The van der Waals surface area contributed by atoms with E-state index >= 15 is 0 Å². The largest absolute Gasteiger partial charge is 0.417 e. The average molecular weight is 469 g/mol. The molecule has 1 aliphatic heterocycles. The zero-order chi connectivity index (χ0) is 23.7. The van der Waals surface area contributed by atoms with E-state index in [1.54, 1.807) is 4.90 Å². The molecule has 0 unspecified atom stereocenters. The van der Waals surface area contributed by atoms with Gasteiger partial charge in [0.1, 0.15) is 0 Å². The SMILES string of the molecule is CCN(C(=O)C1CCN(S(=O)(=O)c2ccccc2C(F)(F)F)CC1)c1ccc(C)cc1C. The van der Waals surface area contributed by atoms with E-state index in [2.05, 4.69) is 0 Å². The van der Waals surface area contributed by atoms with Gasteiger partial charge in [0.05, 0.1) is 10.5 Å². The number of benzene rings is 2. The lowest BCUT2D eigenvalue weighted by Crippen LogP contribution is -2.45. The van der Waals surface area contributed by atoms with Gasteiger partial charge in [-0.2, -0.15) is 17.5 Å². The van der Waals surface area contributed by atoms with E-state index < -0.39 is 26.7 Å². The molecule has 1 saturated heterocycles. The van der Waals surface area contributed by atoms with Gasteiger partial charge in [0.2, 0.25) is 15.9 Å². The summed E-state index contributed by atoms with van der Waals surface area (Å²) in [5.41, 5.74) is 1.71. The molecule has 0 bridgehead atoms. The monoisotopic (exact) mass is 468 g/mol. The van der Waals surface area contributed by atoms with Gasteiger partial charge in [0.25, 0.3) is 0 Å². The lowest BCUT2D eigenvalue weighted by Gasteiger charge is -2.34. The van der Waals surface area contributed by atoms with Crippen LogP contribution in [0, 0.1) is 19.8 Å². The predicted octanol–water partition coefficient (Wildman–Crippen LogP) is 4.78. The van der Waals surface area contributed by atoms with Gasteiger partial charge in [-0.15, -0.1) is 0 Å². The Bertz CT molecular complexity index is 1090. The Morgan fingerprint density at radius 2 is 1.72 bits per heavy atom. The number of nitrogens with zero attached hydrogens (tertiary/aromatic N) is 2. The van der Waals surface area contributed by atoms with Gasteiger partial charge in [-0.25, -0.2) is 8.42 Å². The molecule has 174 valence electrons. The zero-order valence-corrected chi connectivity index (χ0v) is 19.1. The number of alkyl halides is 3. The van der Waals surface area contributed by atoms with Crippen LogP contribution in [0.1, 0.15) is 36.5 Å². The molecule has 3 rings (SSSR count). The molecule has 0 atom stereocenters. The van der Waals surface area contributed by atoms with Crippen molar-refractivity contribution in [3.8, 4) is 0 Å². The number of rotatable bonds is 5. The Morgan fingerprint density at radius 1 is 1.09 bits per heavy atom. The Kier molecular flexibility index (Phi) is 7.00. The predicted molar refractivity (Wildman–Crippen MR) is 117 cm³/mol. The summed E-state index contributed by atoms with van der Waals surface area (Å²) in [6.45, 7) is 6.25. The maximum atomic E-state index is 13.3. The van der Waals surface area contributed by atoms with E-state index in [0.717, 1.165) is 33.3 Å². The Hall–Kier alpha value is -2.39. The van der Waals surface area contributed by atoms with Gasteiger partial charge >= 0.3 is 6.18 Å². The van der Waals surface area contributed by atoms with E-state index in [-0.39, 0.29) is 37.8 Å². The highest BCUT2D eigenvalue weighted by molar-refractivity contribution is 7.89. The van der Waals surface area contributed by atoms with Crippen molar-refractivity contribution in [2.24, 2.45) is 5.92 Å². The molecule has 1 aliphatic rings. The quantitative estimate of drug-likeness (QED) is 0.635. The molecule has 0 N–H and O–H groups in total. The van der Waals surface area contributed by atoms with Crippen LogP contribution in [0.25, 0.3) is 0 Å². The van der Waals surface area contributed by atoms with Crippen LogP contribution in [0.3, 0.4) is 0 Å². The molecule has 0 aliphatic carbocycles. The van der Waals surface area contributed by atoms with Crippen molar-refractivity contribution in [3.05, 3.63) is 59.2 Å². The lowest BCUT2D eigenvalue weighted by molar-refractivity contribution is -0.139. The summed E-state index contributed by atoms with van der Waals surface area (Å²) < 4.78 is 66.9. The van der Waals surface area contributed by atoms with Crippen LogP contribution in [0.5, 0.6) is 0 Å². The number of amides is 1. The van der Waals surface area contributed by atoms with Gasteiger partial charge in [-0.3, -0.25) is 4.79 Å². The van der Waals surface area contributed by atoms with Crippen LogP contribution < -0.4 is 4.90 Å². The molecule has 5 nitrogen and oxygen atoms in total. The minimum atomic E-state index is -4.77. The molecule has 0 aromatic heterocycles. The molecule has 9 heteroatoms. The number of piperidine rings is 1. The van der Waals surface area contributed by atoms with Gasteiger partial charge in [-0.05, 0) is 57.4 Å². The molecule has 1 amide bonds. The summed E-state index contributed by atoms with van der Waals surface area (Å²) in [7, 11) is -4.33. The third-order valence-corrected chi connectivity index (χ3v) is 7.80. The second-order valence-electron chi connectivity index (χ2n) is 8.04. The molecule has 0 spiro atoms. The fraction of sp³-hybridized carbons (Fsp3) is 0.435. The topological polar surface area (TPSA) is 57.7 Å². The molecular weight excluding hydrogens is 441 g/mol. The number of halogens is 3. The maximum Gasteiger partial charge on any atom is 0.417 e. The first-order chi connectivity index (χ1) is 15.0. The third-order valence-electron chi connectivity index (χ3n) is 5.84. The van der Waals surface area contributed by atoms with Crippen molar-refractivity contribution in [1.29, 1.82) is 0 Å². The number of carbonyl (C=O) groups is 1. The summed E-state index contributed by atoms with van der Waals surface area (Å²) in [6.07, 6.45) is -4.26. The fourth-order valence-electron chi connectivity index (χ4n) is 4.18. The highest BCUT2D eigenvalue weighted by Gasteiger charge is 2.40. The van der Waals surface area contributed by atoms with Crippen LogP contribution in [0.4, 0.5) is 18.9 Å². The van der Waals surface area contributed by atoms with Crippen LogP contribution in [0.2, 0.25) is 0 Å². The number of anilines is 1. The van der Waals surface area contributed by atoms with E-state index in [1.165, 1.54) is 12.1 Å². The highest BCUT2D eigenvalue weighted by atomic mass is 32.2. The minimum absolute atomic E-state index is 0.00460. The summed E-state index contributed by atoms with van der Waals surface area (Å²) >= 11 is 0. The molecule has 1 fully saturated rings. The van der Waals surface area contributed by atoms with Crippen LogP contribution in [-0.4, -0.2) is 38.3 Å².